The number of sulfone groups is 1. The van der Waals surface area contributed by atoms with Crippen molar-refractivity contribution < 1.29 is 44.1 Å². The van der Waals surface area contributed by atoms with Crippen LogP contribution in [0.4, 0.5) is 26.3 Å². The highest BCUT2D eigenvalue weighted by Crippen LogP contribution is 2.58. The summed E-state index contributed by atoms with van der Waals surface area (Å²) < 4.78 is 107. The minimum atomic E-state index is -4.83. The molecular weight excluding hydrogens is 520 g/mol. The number of halogens is 6. The van der Waals surface area contributed by atoms with Crippen LogP contribution in [0.15, 0.2) is 39.9 Å². The fourth-order valence-corrected chi connectivity index (χ4v) is 5.07. The number of rotatable bonds is 4. The monoisotopic (exact) mass is 535 g/mol. The molecule has 16 heteroatoms. The number of alkyl halides is 6. The molecule has 36 heavy (non-hydrogen) atoms. The topological polar surface area (TPSA) is 111 Å². The van der Waals surface area contributed by atoms with E-state index in [0.717, 1.165) is 35.3 Å². The standard InChI is InChI=1S/C20H15F6N5O4S/c1-36(33,34)11-2-3-13(31-5-4-14(28-31)19(21,22)23)12(6-11)15(32)30-8-10-7-18(10,9-30)16-27-17(35-29-16)20(24,25)26/h2-6,10H,7-9H2,1H3. The summed E-state index contributed by atoms with van der Waals surface area (Å²) in [6, 6.07) is 4.04. The smallest absolute Gasteiger partial charge is 0.337 e. The largest absolute Gasteiger partial charge is 0.471 e. The molecule has 1 saturated carbocycles. The fourth-order valence-electron chi connectivity index (χ4n) is 4.42. The van der Waals surface area contributed by atoms with Gasteiger partial charge in [-0.05, 0) is 36.6 Å². The normalized spacial score (nSPS) is 22.1. The number of fused-ring (bicyclic) bond motifs is 1. The van der Waals surface area contributed by atoms with E-state index in [-0.39, 0.29) is 41.0 Å². The van der Waals surface area contributed by atoms with E-state index >= 15 is 0 Å². The summed E-state index contributed by atoms with van der Waals surface area (Å²) in [5.41, 5.74) is -2.51. The molecule has 2 fully saturated rings. The van der Waals surface area contributed by atoms with Crippen molar-refractivity contribution >= 4 is 15.7 Å². The summed E-state index contributed by atoms with van der Waals surface area (Å²) >= 11 is 0. The van der Waals surface area contributed by atoms with E-state index in [4.69, 9.17) is 0 Å². The Morgan fingerprint density at radius 3 is 2.44 bits per heavy atom. The molecule has 3 aromatic rings. The molecule has 1 saturated heterocycles. The van der Waals surface area contributed by atoms with Gasteiger partial charge in [0, 0.05) is 25.5 Å². The number of carbonyl (C=O) groups excluding carboxylic acids is 1. The average molecular weight is 535 g/mol. The van der Waals surface area contributed by atoms with Gasteiger partial charge in [-0.1, -0.05) is 5.16 Å². The maximum absolute atomic E-state index is 13.5. The van der Waals surface area contributed by atoms with Gasteiger partial charge in [0.25, 0.3) is 5.91 Å². The van der Waals surface area contributed by atoms with Crippen molar-refractivity contribution in [2.75, 3.05) is 19.3 Å². The van der Waals surface area contributed by atoms with E-state index in [1.807, 2.05) is 0 Å². The Kier molecular flexibility index (Phi) is 5.08. The fraction of sp³-hybridized carbons (Fsp3) is 0.400. The zero-order valence-corrected chi connectivity index (χ0v) is 18.9. The van der Waals surface area contributed by atoms with E-state index < -0.39 is 45.1 Å². The molecule has 1 amide bonds. The molecule has 1 aliphatic heterocycles. The van der Waals surface area contributed by atoms with Crippen LogP contribution in [0.5, 0.6) is 0 Å². The van der Waals surface area contributed by atoms with Crippen LogP contribution in [-0.4, -0.2) is 58.5 Å². The number of likely N-dealkylation sites (tertiary alicyclic amines) is 1. The predicted molar refractivity (Wildman–Crippen MR) is 107 cm³/mol. The van der Waals surface area contributed by atoms with Crippen LogP contribution in [0.1, 0.15) is 34.2 Å². The molecule has 0 N–H and O–H groups in total. The van der Waals surface area contributed by atoms with Crippen molar-refractivity contribution in [2.45, 2.75) is 29.1 Å². The van der Waals surface area contributed by atoms with Crippen LogP contribution in [-0.2, 0) is 27.6 Å². The Labute approximate surface area is 198 Å². The first-order chi connectivity index (χ1) is 16.6. The second-order valence-corrected chi connectivity index (χ2v) is 10.8. The number of piperidine rings is 1. The Hall–Kier alpha value is -3.43. The summed E-state index contributed by atoms with van der Waals surface area (Å²) in [6.07, 6.45) is -7.28. The molecule has 2 unspecified atom stereocenters. The molecule has 1 aliphatic carbocycles. The molecule has 1 aromatic carbocycles. The molecule has 192 valence electrons. The second kappa shape index (κ2) is 7.54. The van der Waals surface area contributed by atoms with Gasteiger partial charge in [0.05, 0.1) is 21.6 Å². The van der Waals surface area contributed by atoms with Gasteiger partial charge in [0.2, 0.25) is 0 Å². The van der Waals surface area contributed by atoms with Gasteiger partial charge >= 0.3 is 18.2 Å². The van der Waals surface area contributed by atoms with Gasteiger partial charge in [0.15, 0.2) is 21.4 Å². The third-order valence-corrected chi connectivity index (χ3v) is 7.41. The Morgan fingerprint density at radius 2 is 1.86 bits per heavy atom. The molecule has 3 heterocycles. The zero-order valence-electron chi connectivity index (χ0n) is 18.1. The van der Waals surface area contributed by atoms with E-state index in [1.54, 1.807) is 0 Å². The quantitative estimate of drug-likeness (QED) is 0.472. The Balaban J connectivity index is 1.49. The number of benzene rings is 1. The zero-order chi connectivity index (χ0) is 26.3. The SMILES string of the molecule is CS(=O)(=O)c1ccc(-n2ccc(C(F)(F)F)n2)c(C(=O)N2CC3CC3(c3noc(C(F)(F)F)n3)C2)c1. The lowest BCUT2D eigenvalue weighted by atomic mass is 10.1. The van der Waals surface area contributed by atoms with Gasteiger partial charge in [-0.2, -0.15) is 36.4 Å². The van der Waals surface area contributed by atoms with Gasteiger partial charge < -0.3 is 9.42 Å². The summed E-state index contributed by atoms with van der Waals surface area (Å²) in [5, 5.41) is 6.89. The molecule has 9 nitrogen and oxygen atoms in total. The lowest BCUT2D eigenvalue weighted by molar-refractivity contribution is -0.159. The number of hydrogen-bond acceptors (Lipinski definition) is 7. The van der Waals surface area contributed by atoms with Crippen LogP contribution in [0.3, 0.4) is 0 Å². The Morgan fingerprint density at radius 1 is 1.14 bits per heavy atom. The van der Waals surface area contributed by atoms with Gasteiger partial charge in [-0.25, -0.2) is 13.1 Å². The molecule has 0 radical (unpaired) electrons. The number of amides is 1. The van der Waals surface area contributed by atoms with Crippen molar-refractivity contribution in [3.05, 3.63) is 53.4 Å². The molecule has 2 aliphatic rings. The average Bonchev–Trinajstić information content (AvgIpc) is 3.26. The number of hydrogen-bond donors (Lipinski definition) is 0. The molecule has 5 rings (SSSR count). The first-order valence-corrected chi connectivity index (χ1v) is 12.2. The van der Waals surface area contributed by atoms with E-state index in [9.17, 15) is 39.6 Å². The number of nitrogens with zero attached hydrogens (tertiary/aromatic N) is 5. The lowest BCUT2D eigenvalue weighted by Crippen LogP contribution is -2.34. The van der Waals surface area contributed by atoms with Crippen LogP contribution >= 0.6 is 0 Å². The first kappa shape index (κ1) is 24.3. The summed E-state index contributed by atoms with van der Waals surface area (Å²) in [6.45, 7) is 0.0208. The van der Waals surface area contributed by atoms with Gasteiger partial charge in [-0.15, -0.1) is 0 Å². The summed E-state index contributed by atoms with van der Waals surface area (Å²) in [5.74, 6) is -2.69. The van der Waals surface area contributed by atoms with E-state index in [0.29, 0.717) is 12.5 Å². The van der Waals surface area contributed by atoms with Crippen molar-refractivity contribution in [2.24, 2.45) is 5.92 Å². The maximum atomic E-state index is 13.5. The minimum absolute atomic E-state index is 0.0806. The second-order valence-electron chi connectivity index (χ2n) is 8.76. The first-order valence-electron chi connectivity index (χ1n) is 10.3. The molecule has 2 aromatic heterocycles. The van der Waals surface area contributed by atoms with Crippen LogP contribution in [0, 0.1) is 5.92 Å². The van der Waals surface area contributed by atoms with Crippen molar-refractivity contribution in [1.82, 2.24) is 24.8 Å². The van der Waals surface area contributed by atoms with Crippen LogP contribution < -0.4 is 0 Å². The van der Waals surface area contributed by atoms with Crippen LogP contribution in [0.25, 0.3) is 5.69 Å². The maximum Gasteiger partial charge on any atom is 0.471 e. The number of aromatic nitrogens is 4. The minimum Gasteiger partial charge on any atom is -0.337 e. The van der Waals surface area contributed by atoms with Crippen molar-refractivity contribution in [3.63, 3.8) is 0 Å². The molecule has 2 atom stereocenters. The van der Waals surface area contributed by atoms with Crippen molar-refractivity contribution in [3.8, 4) is 5.69 Å². The van der Waals surface area contributed by atoms with E-state index in [1.165, 1.54) is 4.90 Å². The molecule has 0 bridgehead atoms. The van der Waals surface area contributed by atoms with Crippen LogP contribution in [0.2, 0.25) is 0 Å². The highest BCUT2D eigenvalue weighted by Gasteiger charge is 2.65. The number of carbonyl (C=O) groups is 1. The van der Waals surface area contributed by atoms with Gasteiger partial charge in [0.1, 0.15) is 0 Å². The third kappa shape index (κ3) is 4.02. The highest BCUT2D eigenvalue weighted by molar-refractivity contribution is 7.90. The molecular formula is C20H15F6N5O4S. The predicted octanol–water partition coefficient (Wildman–Crippen LogP) is 3.11. The van der Waals surface area contributed by atoms with Gasteiger partial charge in [-0.3, -0.25) is 4.79 Å². The Bertz CT molecular complexity index is 1480. The lowest BCUT2D eigenvalue weighted by Gasteiger charge is -2.22. The summed E-state index contributed by atoms with van der Waals surface area (Å²) in [4.78, 5) is 17.9. The molecule has 0 spiro atoms. The summed E-state index contributed by atoms with van der Waals surface area (Å²) in [7, 11) is -3.79. The van der Waals surface area contributed by atoms with Crippen molar-refractivity contribution in [1.29, 1.82) is 0 Å². The third-order valence-electron chi connectivity index (χ3n) is 6.30. The highest BCUT2D eigenvalue weighted by atomic mass is 32.2. The van der Waals surface area contributed by atoms with E-state index in [2.05, 4.69) is 19.8 Å².